The highest BCUT2D eigenvalue weighted by Gasteiger charge is 2.40. The minimum absolute atomic E-state index is 0.152. The molecule has 3 aliphatic rings. The molecule has 3 fully saturated rings. The average molecular weight is 346 g/mol. The van der Waals surface area contributed by atoms with Gasteiger partial charge in [-0.05, 0) is 63.0 Å². The monoisotopic (exact) mass is 345 g/mol. The van der Waals surface area contributed by atoms with Crippen LogP contribution in [0, 0.1) is 5.92 Å². The van der Waals surface area contributed by atoms with Gasteiger partial charge in [0.2, 0.25) is 0 Å². The number of hydrogen-bond acceptors (Lipinski definition) is 4. The van der Waals surface area contributed by atoms with Gasteiger partial charge < -0.3 is 9.73 Å². The Morgan fingerprint density at radius 3 is 2.75 bits per heavy atom. The molecule has 5 nitrogen and oxygen atoms in total. The van der Waals surface area contributed by atoms with Gasteiger partial charge in [-0.3, -0.25) is 14.7 Å². The molecule has 2 aromatic heterocycles. The van der Waals surface area contributed by atoms with Gasteiger partial charge in [0.05, 0.1) is 5.02 Å². The van der Waals surface area contributed by atoms with E-state index in [0.29, 0.717) is 34.2 Å². The van der Waals surface area contributed by atoms with Gasteiger partial charge >= 0.3 is 0 Å². The standard InChI is InChI=1S/C18H20ClN3O2/c1-11-17(12-6-8-22(11)9-7-12)21-18(23)16-5-4-15(24-16)14-3-2-13(19)10-20-14/h2-5,10-12,17H,6-9H2,1H3,(H,21,23)/t11-,17-/m0/s1. The van der Waals surface area contributed by atoms with Gasteiger partial charge in [0.15, 0.2) is 11.5 Å². The van der Waals surface area contributed by atoms with Crippen LogP contribution in [0.1, 0.15) is 30.3 Å². The zero-order valence-electron chi connectivity index (χ0n) is 13.5. The summed E-state index contributed by atoms with van der Waals surface area (Å²) in [6.45, 7) is 4.48. The summed E-state index contributed by atoms with van der Waals surface area (Å²) < 4.78 is 5.70. The number of halogens is 1. The zero-order valence-corrected chi connectivity index (χ0v) is 14.3. The van der Waals surface area contributed by atoms with Crippen LogP contribution >= 0.6 is 11.6 Å². The third-order valence-corrected chi connectivity index (χ3v) is 5.51. The highest BCUT2D eigenvalue weighted by atomic mass is 35.5. The number of pyridine rings is 1. The van der Waals surface area contributed by atoms with Crippen molar-refractivity contribution in [2.24, 2.45) is 5.92 Å². The van der Waals surface area contributed by atoms with Crippen molar-refractivity contribution in [1.29, 1.82) is 0 Å². The van der Waals surface area contributed by atoms with Gasteiger partial charge in [-0.2, -0.15) is 0 Å². The summed E-state index contributed by atoms with van der Waals surface area (Å²) >= 11 is 5.85. The molecule has 3 aliphatic heterocycles. The molecule has 0 aliphatic carbocycles. The Labute approximate surface area is 146 Å². The number of carbonyl (C=O) groups excluding carboxylic acids is 1. The number of fused-ring (bicyclic) bond motifs is 3. The first-order valence-electron chi connectivity index (χ1n) is 8.38. The highest BCUT2D eigenvalue weighted by Crippen LogP contribution is 2.32. The number of rotatable bonds is 3. The fraction of sp³-hybridized carbons (Fsp3) is 0.444. The molecule has 0 unspecified atom stereocenters. The van der Waals surface area contributed by atoms with Crippen molar-refractivity contribution in [2.75, 3.05) is 13.1 Å². The number of piperidine rings is 3. The van der Waals surface area contributed by atoms with Gasteiger partial charge in [-0.15, -0.1) is 0 Å². The Balaban J connectivity index is 1.48. The van der Waals surface area contributed by atoms with Crippen molar-refractivity contribution in [2.45, 2.75) is 31.8 Å². The molecule has 5 heterocycles. The van der Waals surface area contributed by atoms with Gasteiger partial charge in [-0.1, -0.05) is 11.6 Å². The minimum atomic E-state index is -0.152. The highest BCUT2D eigenvalue weighted by molar-refractivity contribution is 6.30. The summed E-state index contributed by atoms with van der Waals surface area (Å²) in [5, 5.41) is 3.74. The summed E-state index contributed by atoms with van der Waals surface area (Å²) in [4.78, 5) is 19.2. The molecule has 0 spiro atoms. The van der Waals surface area contributed by atoms with E-state index in [1.165, 1.54) is 0 Å². The molecule has 1 amide bonds. The van der Waals surface area contributed by atoms with Gasteiger partial charge in [0, 0.05) is 18.3 Å². The number of furan rings is 1. The summed E-state index contributed by atoms with van der Waals surface area (Å²) in [6, 6.07) is 7.58. The van der Waals surface area contributed by atoms with Crippen molar-refractivity contribution in [3.05, 3.63) is 41.2 Å². The third-order valence-electron chi connectivity index (χ3n) is 5.29. The molecule has 3 saturated heterocycles. The zero-order chi connectivity index (χ0) is 16.7. The van der Waals surface area contributed by atoms with Crippen LogP contribution in [0.15, 0.2) is 34.9 Å². The largest absolute Gasteiger partial charge is 0.449 e. The van der Waals surface area contributed by atoms with E-state index in [-0.39, 0.29) is 11.9 Å². The predicted octanol–water partition coefficient (Wildman–Crippen LogP) is 3.21. The van der Waals surface area contributed by atoms with E-state index < -0.39 is 0 Å². The maximum atomic E-state index is 12.6. The summed E-state index contributed by atoms with van der Waals surface area (Å²) in [5.74, 6) is 1.31. The maximum absolute atomic E-state index is 12.6. The quantitative estimate of drug-likeness (QED) is 0.928. The minimum Gasteiger partial charge on any atom is -0.449 e. The second-order valence-corrected chi connectivity index (χ2v) is 7.08. The second kappa shape index (κ2) is 6.22. The van der Waals surface area contributed by atoms with E-state index in [1.54, 1.807) is 30.5 Å². The molecular formula is C18H20ClN3O2. The molecule has 0 saturated carbocycles. The summed E-state index contributed by atoms with van der Waals surface area (Å²) in [5.41, 5.74) is 0.662. The third kappa shape index (κ3) is 2.82. The van der Waals surface area contributed by atoms with Crippen LogP contribution in [-0.2, 0) is 0 Å². The maximum Gasteiger partial charge on any atom is 0.287 e. The first-order chi connectivity index (χ1) is 11.6. The van der Waals surface area contributed by atoms with Crippen molar-refractivity contribution in [3.8, 4) is 11.5 Å². The van der Waals surface area contributed by atoms with Crippen LogP contribution in [0.3, 0.4) is 0 Å². The lowest BCUT2D eigenvalue weighted by Crippen LogP contribution is -2.62. The number of nitrogens with one attached hydrogen (secondary N) is 1. The first-order valence-corrected chi connectivity index (χ1v) is 8.76. The molecule has 2 aromatic rings. The molecule has 5 rings (SSSR count). The van der Waals surface area contributed by atoms with E-state index in [1.807, 2.05) is 0 Å². The lowest BCUT2D eigenvalue weighted by atomic mass is 9.79. The molecule has 2 bridgehead atoms. The van der Waals surface area contributed by atoms with Crippen LogP contribution < -0.4 is 5.32 Å². The average Bonchev–Trinajstić information content (AvgIpc) is 3.09. The molecule has 6 heteroatoms. The van der Waals surface area contributed by atoms with E-state index >= 15 is 0 Å². The molecule has 126 valence electrons. The van der Waals surface area contributed by atoms with Crippen molar-refractivity contribution >= 4 is 17.5 Å². The normalized spacial score (nSPS) is 28.8. The topological polar surface area (TPSA) is 58.4 Å². The van der Waals surface area contributed by atoms with E-state index in [0.717, 1.165) is 25.9 Å². The lowest BCUT2D eigenvalue weighted by Gasteiger charge is -2.49. The molecule has 0 aromatic carbocycles. The van der Waals surface area contributed by atoms with Gasteiger partial charge in [0.1, 0.15) is 5.69 Å². The van der Waals surface area contributed by atoms with Crippen molar-refractivity contribution in [3.63, 3.8) is 0 Å². The summed E-state index contributed by atoms with van der Waals surface area (Å²) in [7, 11) is 0. The second-order valence-electron chi connectivity index (χ2n) is 6.64. The van der Waals surface area contributed by atoms with Crippen molar-refractivity contribution in [1.82, 2.24) is 15.2 Å². The van der Waals surface area contributed by atoms with Crippen LogP contribution in [0.2, 0.25) is 5.02 Å². The Hall–Kier alpha value is -1.85. The van der Waals surface area contributed by atoms with Crippen LogP contribution in [0.5, 0.6) is 0 Å². The number of nitrogens with zero attached hydrogens (tertiary/aromatic N) is 2. The molecule has 24 heavy (non-hydrogen) atoms. The molecule has 1 N–H and O–H groups in total. The molecular weight excluding hydrogens is 326 g/mol. The summed E-state index contributed by atoms with van der Waals surface area (Å²) in [6.07, 6.45) is 3.88. The number of hydrogen-bond donors (Lipinski definition) is 1. The van der Waals surface area contributed by atoms with Crippen molar-refractivity contribution < 1.29 is 9.21 Å². The van der Waals surface area contributed by atoms with E-state index in [9.17, 15) is 4.79 Å². The predicted molar refractivity (Wildman–Crippen MR) is 92.0 cm³/mol. The number of amides is 1. The Kier molecular flexibility index (Phi) is 4.06. The van der Waals surface area contributed by atoms with Gasteiger partial charge in [-0.25, -0.2) is 0 Å². The Morgan fingerprint density at radius 1 is 1.29 bits per heavy atom. The Bertz CT molecular complexity index is 733. The first kappa shape index (κ1) is 15.7. The van der Waals surface area contributed by atoms with Crippen LogP contribution in [0.25, 0.3) is 11.5 Å². The molecule has 0 radical (unpaired) electrons. The number of carbonyl (C=O) groups is 1. The lowest BCUT2D eigenvalue weighted by molar-refractivity contribution is 0.0211. The van der Waals surface area contributed by atoms with Gasteiger partial charge in [0.25, 0.3) is 5.91 Å². The van der Waals surface area contributed by atoms with E-state index in [2.05, 4.69) is 22.1 Å². The fourth-order valence-electron chi connectivity index (χ4n) is 3.89. The fourth-order valence-corrected chi connectivity index (χ4v) is 4.00. The SMILES string of the molecule is C[C@H]1[C@H](NC(=O)c2ccc(-c3ccc(Cl)cn3)o2)C2CCN1CC2. The molecule has 2 atom stereocenters. The smallest absolute Gasteiger partial charge is 0.287 e. The number of aromatic nitrogens is 1. The van der Waals surface area contributed by atoms with E-state index in [4.69, 9.17) is 16.0 Å². The van der Waals surface area contributed by atoms with Crippen LogP contribution in [0.4, 0.5) is 0 Å². The Morgan fingerprint density at radius 2 is 2.08 bits per heavy atom. The van der Waals surface area contributed by atoms with Crippen LogP contribution in [-0.4, -0.2) is 41.0 Å².